The first-order valence-electron chi connectivity index (χ1n) is 8.28. The van der Waals surface area contributed by atoms with Gasteiger partial charge in [0.2, 0.25) is 5.91 Å². The summed E-state index contributed by atoms with van der Waals surface area (Å²) in [7, 11) is 1.87. The lowest BCUT2D eigenvalue weighted by Crippen LogP contribution is -2.46. The summed E-state index contributed by atoms with van der Waals surface area (Å²) in [6.45, 7) is 2.81. The van der Waals surface area contributed by atoms with Gasteiger partial charge in [0.25, 0.3) is 0 Å². The van der Waals surface area contributed by atoms with Crippen molar-refractivity contribution in [3.63, 3.8) is 0 Å². The molecule has 0 radical (unpaired) electrons. The van der Waals surface area contributed by atoms with E-state index in [-0.39, 0.29) is 18.1 Å². The minimum absolute atomic E-state index is 0.153. The number of amides is 1. The molecule has 1 heterocycles. The van der Waals surface area contributed by atoms with E-state index < -0.39 is 0 Å². The van der Waals surface area contributed by atoms with Crippen LogP contribution in [0, 0.1) is 0 Å². The zero-order chi connectivity index (χ0) is 18.7. The van der Waals surface area contributed by atoms with E-state index in [1.807, 2.05) is 43.1 Å². The van der Waals surface area contributed by atoms with E-state index in [4.69, 9.17) is 32.7 Å². The van der Waals surface area contributed by atoms with Crippen molar-refractivity contribution < 1.29 is 14.3 Å². The van der Waals surface area contributed by atoms with Gasteiger partial charge in [-0.05, 0) is 44.3 Å². The molecule has 7 heteroatoms. The quantitative estimate of drug-likeness (QED) is 0.829. The largest absolute Gasteiger partial charge is 0.486 e. The Morgan fingerprint density at radius 2 is 2.00 bits per heavy atom. The highest BCUT2D eigenvalue weighted by atomic mass is 35.5. The maximum absolute atomic E-state index is 12.5. The molecule has 0 spiro atoms. The Morgan fingerprint density at radius 1 is 1.27 bits per heavy atom. The maximum atomic E-state index is 12.5. The molecule has 0 saturated carbocycles. The Kier molecular flexibility index (Phi) is 5.91. The molecule has 138 valence electrons. The second kappa shape index (κ2) is 8.16. The van der Waals surface area contributed by atoms with Gasteiger partial charge in [0.15, 0.2) is 11.5 Å². The average Bonchev–Trinajstić information content (AvgIpc) is 2.64. The minimum atomic E-state index is -0.384. The average molecular weight is 395 g/mol. The van der Waals surface area contributed by atoms with Crippen LogP contribution >= 0.6 is 23.2 Å². The number of nitrogens with zero attached hydrogens (tertiary/aromatic N) is 1. The number of fused-ring (bicyclic) bond motifs is 1. The molecule has 2 aromatic rings. The summed E-state index contributed by atoms with van der Waals surface area (Å²) in [5.41, 5.74) is 0.496. The highest BCUT2D eigenvalue weighted by Crippen LogP contribution is 2.31. The van der Waals surface area contributed by atoms with Gasteiger partial charge >= 0.3 is 0 Å². The normalized spacial score (nSPS) is 17.0. The third kappa shape index (κ3) is 4.41. The molecule has 5 nitrogen and oxygen atoms in total. The standard InChI is InChI=1S/C19H20Cl2N2O3/c1-12(19(24)22-16-9-13(20)7-8-15(16)21)23(2)10-14-11-25-17-5-3-4-6-18(17)26-14/h3-9,12,14H,10-11H2,1-2H3,(H,22,24)/t12-,14+/m0/s1. The van der Waals surface area contributed by atoms with Gasteiger partial charge in [0.1, 0.15) is 12.7 Å². The molecule has 3 rings (SSSR count). The van der Waals surface area contributed by atoms with E-state index in [2.05, 4.69) is 5.32 Å². The molecule has 0 saturated heterocycles. The molecular weight excluding hydrogens is 375 g/mol. The van der Waals surface area contributed by atoms with Crippen LogP contribution in [0.25, 0.3) is 0 Å². The summed E-state index contributed by atoms with van der Waals surface area (Å²) in [6, 6.07) is 12.1. The Balaban J connectivity index is 1.58. The monoisotopic (exact) mass is 394 g/mol. The summed E-state index contributed by atoms with van der Waals surface area (Å²) in [6.07, 6.45) is -0.153. The van der Waals surface area contributed by atoms with Crippen LogP contribution in [0.2, 0.25) is 10.0 Å². The third-order valence-corrected chi connectivity index (χ3v) is 4.85. The van der Waals surface area contributed by atoms with E-state index in [0.717, 1.165) is 11.5 Å². The Morgan fingerprint density at radius 3 is 2.77 bits per heavy atom. The first-order chi connectivity index (χ1) is 12.4. The number of anilines is 1. The van der Waals surface area contributed by atoms with Crippen LogP contribution in [0.1, 0.15) is 6.92 Å². The predicted molar refractivity (Wildman–Crippen MR) is 104 cm³/mol. The van der Waals surface area contributed by atoms with Gasteiger partial charge in [-0.25, -0.2) is 0 Å². The van der Waals surface area contributed by atoms with E-state index in [9.17, 15) is 4.79 Å². The maximum Gasteiger partial charge on any atom is 0.241 e. The van der Waals surface area contributed by atoms with Crippen LogP contribution in [0.4, 0.5) is 5.69 Å². The van der Waals surface area contributed by atoms with Crippen molar-refractivity contribution in [1.29, 1.82) is 0 Å². The second-order valence-electron chi connectivity index (χ2n) is 6.23. The van der Waals surface area contributed by atoms with Gasteiger partial charge in [-0.1, -0.05) is 35.3 Å². The molecule has 2 aromatic carbocycles. The van der Waals surface area contributed by atoms with Crippen molar-refractivity contribution in [1.82, 2.24) is 4.90 Å². The number of nitrogens with one attached hydrogen (secondary N) is 1. The molecule has 0 fully saturated rings. The van der Waals surface area contributed by atoms with Crippen molar-refractivity contribution >= 4 is 34.8 Å². The Hall–Kier alpha value is -1.95. The number of likely N-dealkylation sites (N-methyl/N-ethyl adjacent to an activating group) is 1. The number of carbonyl (C=O) groups excluding carboxylic acids is 1. The van der Waals surface area contributed by atoms with Gasteiger partial charge in [-0.15, -0.1) is 0 Å². The van der Waals surface area contributed by atoms with Crippen LogP contribution in [-0.4, -0.2) is 43.2 Å². The molecule has 0 bridgehead atoms. The first-order valence-corrected chi connectivity index (χ1v) is 9.04. The molecule has 2 atom stereocenters. The fraction of sp³-hybridized carbons (Fsp3) is 0.316. The zero-order valence-corrected chi connectivity index (χ0v) is 16.1. The third-order valence-electron chi connectivity index (χ3n) is 4.29. The number of ether oxygens (including phenoxy) is 2. The van der Waals surface area contributed by atoms with Crippen LogP contribution in [0.15, 0.2) is 42.5 Å². The van der Waals surface area contributed by atoms with Gasteiger partial charge in [0.05, 0.1) is 16.8 Å². The number of hydrogen-bond donors (Lipinski definition) is 1. The zero-order valence-electron chi connectivity index (χ0n) is 14.5. The number of hydrogen-bond acceptors (Lipinski definition) is 4. The molecule has 26 heavy (non-hydrogen) atoms. The second-order valence-corrected chi connectivity index (χ2v) is 7.07. The summed E-state index contributed by atoms with van der Waals surface area (Å²) >= 11 is 12.1. The Bertz CT molecular complexity index is 800. The van der Waals surface area contributed by atoms with E-state index in [0.29, 0.717) is 28.9 Å². The summed E-state index contributed by atoms with van der Waals surface area (Å²) in [5, 5.41) is 3.77. The molecule has 1 aliphatic rings. The number of halogens is 2. The van der Waals surface area contributed by atoms with Crippen LogP contribution < -0.4 is 14.8 Å². The van der Waals surface area contributed by atoms with Crippen molar-refractivity contribution in [2.24, 2.45) is 0 Å². The lowest BCUT2D eigenvalue weighted by molar-refractivity contribution is -0.120. The predicted octanol–water partition coefficient (Wildman–Crippen LogP) is 4.09. The lowest BCUT2D eigenvalue weighted by Gasteiger charge is -2.31. The SMILES string of the molecule is C[C@@H](C(=O)Nc1cc(Cl)ccc1Cl)N(C)C[C@@H]1COc2ccccc2O1. The van der Waals surface area contributed by atoms with Crippen LogP contribution in [-0.2, 0) is 4.79 Å². The van der Waals surface area contributed by atoms with Gasteiger partial charge < -0.3 is 14.8 Å². The summed E-state index contributed by atoms with van der Waals surface area (Å²) < 4.78 is 11.7. The van der Waals surface area contributed by atoms with Crippen molar-refractivity contribution in [2.75, 3.05) is 25.5 Å². The molecule has 0 aliphatic carbocycles. The van der Waals surface area contributed by atoms with E-state index in [1.54, 1.807) is 18.2 Å². The highest BCUT2D eigenvalue weighted by molar-refractivity contribution is 6.35. The molecule has 1 amide bonds. The topological polar surface area (TPSA) is 50.8 Å². The Labute approximate surface area is 162 Å². The summed E-state index contributed by atoms with van der Waals surface area (Å²) in [4.78, 5) is 14.4. The van der Waals surface area contributed by atoms with Crippen molar-refractivity contribution in [3.8, 4) is 11.5 Å². The van der Waals surface area contributed by atoms with Gasteiger partial charge in [0, 0.05) is 11.6 Å². The summed E-state index contributed by atoms with van der Waals surface area (Å²) in [5.74, 6) is 1.29. The number of carbonyl (C=O) groups is 1. The minimum Gasteiger partial charge on any atom is -0.486 e. The smallest absolute Gasteiger partial charge is 0.241 e. The molecule has 0 aromatic heterocycles. The molecular formula is C19H20Cl2N2O3. The van der Waals surface area contributed by atoms with Gasteiger partial charge in [-0.2, -0.15) is 0 Å². The molecule has 1 N–H and O–H groups in total. The van der Waals surface area contributed by atoms with E-state index in [1.165, 1.54) is 0 Å². The fourth-order valence-electron chi connectivity index (χ4n) is 2.66. The lowest BCUT2D eigenvalue weighted by atomic mass is 10.2. The fourth-order valence-corrected chi connectivity index (χ4v) is 3.00. The van der Waals surface area contributed by atoms with Crippen molar-refractivity contribution in [2.45, 2.75) is 19.1 Å². The van der Waals surface area contributed by atoms with Gasteiger partial charge in [-0.3, -0.25) is 9.69 Å². The van der Waals surface area contributed by atoms with Crippen LogP contribution in [0.3, 0.4) is 0 Å². The van der Waals surface area contributed by atoms with Crippen molar-refractivity contribution in [3.05, 3.63) is 52.5 Å². The number of benzene rings is 2. The molecule has 0 unspecified atom stereocenters. The van der Waals surface area contributed by atoms with Crippen LogP contribution in [0.5, 0.6) is 11.5 Å². The number of para-hydroxylation sites is 2. The van der Waals surface area contributed by atoms with E-state index >= 15 is 0 Å². The number of rotatable bonds is 5. The first kappa shape index (κ1) is 18.8. The molecule has 1 aliphatic heterocycles. The highest BCUT2D eigenvalue weighted by Gasteiger charge is 2.26.